The highest BCUT2D eigenvalue weighted by atomic mass is 16.5. The average Bonchev–Trinajstić information content (AvgIpc) is 2.39. The summed E-state index contributed by atoms with van der Waals surface area (Å²) < 4.78 is 5.22. The minimum atomic E-state index is -0.806. The van der Waals surface area contributed by atoms with Crippen LogP contribution in [-0.2, 0) is 9.53 Å². The van der Waals surface area contributed by atoms with Crippen LogP contribution in [-0.4, -0.2) is 78.9 Å². The number of amides is 2. The van der Waals surface area contributed by atoms with Gasteiger partial charge in [-0.3, -0.25) is 9.69 Å². The zero-order chi connectivity index (χ0) is 15.8. The highest BCUT2D eigenvalue weighted by Gasteiger charge is 2.34. The summed E-state index contributed by atoms with van der Waals surface area (Å²) in [6.45, 7) is 6.41. The number of carboxylic acids is 1. The summed E-state index contributed by atoms with van der Waals surface area (Å²) in [5.41, 5.74) is 0. The predicted molar refractivity (Wildman–Crippen MR) is 79.3 cm³/mol. The van der Waals surface area contributed by atoms with E-state index < -0.39 is 5.97 Å². The summed E-state index contributed by atoms with van der Waals surface area (Å²) in [6, 6.07) is 0.296. The van der Waals surface area contributed by atoms with E-state index in [9.17, 15) is 9.59 Å². The molecule has 1 fully saturated rings. The maximum atomic E-state index is 11.9. The molecule has 7 nitrogen and oxygen atoms in total. The molecule has 0 unspecified atom stereocenters. The summed E-state index contributed by atoms with van der Waals surface area (Å²) >= 11 is 0. The number of carboxylic acid groups (broad SMARTS) is 1. The number of likely N-dealkylation sites (N-methyl/N-ethyl adjacent to an activating group) is 2. The number of hydrogen-bond donors (Lipinski definition) is 2. The van der Waals surface area contributed by atoms with Crippen LogP contribution in [0.25, 0.3) is 0 Å². The van der Waals surface area contributed by atoms with Gasteiger partial charge in [0.2, 0.25) is 0 Å². The van der Waals surface area contributed by atoms with Crippen LogP contribution in [0.4, 0.5) is 4.79 Å². The normalized spacial score (nSPS) is 21.0. The third kappa shape index (κ3) is 5.89. The fraction of sp³-hybridized carbons (Fsp3) is 0.857. The predicted octanol–water partition coefficient (Wildman–Crippen LogP) is 0.602. The summed E-state index contributed by atoms with van der Waals surface area (Å²) in [5.74, 6) is -0.806. The summed E-state index contributed by atoms with van der Waals surface area (Å²) in [7, 11) is 1.74. The van der Waals surface area contributed by atoms with Gasteiger partial charge in [-0.25, -0.2) is 4.79 Å². The first-order valence-electron chi connectivity index (χ1n) is 7.53. The molecule has 0 aliphatic heterocycles. The Balaban J connectivity index is 2.24. The van der Waals surface area contributed by atoms with Gasteiger partial charge < -0.3 is 20.1 Å². The van der Waals surface area contributed by atoms with Crippen molar-refractivity contribution in [3.05, 3.63) is 0 Å². The molecule has 2 amide bonds. The van der Waals surface area contributed by atoms with E-state index in [0.29, 0.717) is 26.3 Å². The van der Waals surface area contributed by atoms with Gasteiger partial charge in [-0.05, 0) is 26.3 Å². The van der Waals surface area contributed by atoms with Gasteiger partial charge in [0, 0.05) is 32.3 Å². The van der Waals surface area contributed by atoms with Crippen molar-refractivity contribution in [2.45, 2.75) is 38.8 Å². The van der Waals surface area contributed by atoms with Crippen LogP contribution in [0.3, 0.4) is 0 Å². The molecule has 2 N–H and O–H groups in total. The number of carbonyl (C=O) groups excluding carboxylic acids is 1. The molecule has 0 aromatic heterocycles. The number of carbonyl (C=O) groups is 2. The smallest absolute Gasteiger partial charge is 0.317 e. The molecule has 1 rings (SSSR count). The van der Waals surface area contributed by atoms with Crippen LogP contribution in [0.5, 0.6) is 0 Å². The van der Waals surface area contributed by atoms with Gasteiger partial charge in [-0.2, -0.15) is 0 Å². The van der Waals surface area contributed by atoms with Gasteiger partial charge in [0.05, 0.1) is 13.2 Å². The third-order valence-corrected chi connectivity index (χ3v) is 3.82. The first-order valence-corrected chi connectivity index (χ1v) is 7.53. The molecule has 0 atom stereocenters. The summed E-state index contributed by atoms with van der Waals surface area (Å²) in [4.78, 5) is 26.2. The van der Waals surface area contributed by atoms with Crippen molar-refractivity contribution in [1.82, 2.24) is 15.1 Å². The maximum absolute atomic E-state index is 11.9. The third-order valence-electron chi connectivity index (χ3n) is 3.82. The second-order valence-corrected chi connectivity index (χ2v) is 5.35. The van der Waals surface area contributed by atoms with Crippen LogP contribution < -0.4 is 5.32 Å². The van der Waals surface area contributed by atoms with E-state index in [-0.39, 0.29) is 24.7 Å². The first-order chi connectivity index (χ1) is 9.97. The van der Waals surface area contributed by atoms with Crippen molar-refractivity contribution in [2.24, 2.45) is 0 Å². The van der Waals surface area contributed by atoms with Crippen molar-refractivity contribution in [3.63, 3.8) is 0 Å². The largest absolute Gasteiger partial charge is 0.480 e. The van der Waals surface area contributed by atoms with Crippen LogP contribution in [0.15, 0.2) is 0 Å². The van der Waals surface area contributed by atoms with Crippen molar-refractivity contribution >= 4 is 12.0 Å². The number of nitrogens with zero attached hydrogens (tertiary/aromatic N) is 2. The summed E-state index contributed by atoms with van der Waals surface area (Å²) in [6.07, 6.45) is 1.62. The van der Waals surface area contributed by atoms with Crippen molar-refractivity contribution in [2.75, 3.05) is 39.9 Å². The Morgan fingerprint density at radius 3 is 2.52 bits per heavy atom. The molecule has 0 saturated heterocycles. The second kappa shape index (κ2) is 8.84. The van der Waals surface area contributed by atoms with Crippen molar-refractivity contribution in [3.8, 4) is 0 Å². The van der Waals surface area contributed by atoms with Crippen molar-refractivity contribution < 1.29 is 19.4 Å². The summed E-state index contributed by atoms with van der Waals surface area (Å²) in [5, 5.41) is 11.8. The zero-order valence-corrected chi connectivity index (χ0v) is 13.2. The van der Waals surface area contributed by atoms with Crippen LogP contribution in [0, 0.1) is 0 Å². The zero-order valence-electron chi connectivity index (χ0n) is 13.2. The monoisotopic (exact) mass is 301 g/mol. The molecule has 1 saturated carbocycles. The van der Waals surface area contributed by atoms with Gasteiger partial charge >= 0.3 is 12.0 Å². The lowest BCUT2D eigenvalue weighted by Gasteiger charge is -2.42. The van der Waals surface area contributed by atoms with Gasteiger partial charge in [-0.15, -0.1) is 0 Å². The van der Waals surface area contributed by atoms with E-state index in [1.807, 2.05) is 18.7 Å². The van der Waals surface area contributed by atoms with E-state index >= 15 is 0 Å². The number of rotatable bonds is 9. The Bertz CT molecular complexity index is 345. The minimum absolute atomic E-state index is 0.0656. The lowest BCUT2D eigenvalue weighted by atomic mass is 9.85. The molecule has 1 aliphatic rings. The Labute approximate surface area is 126 Å². The minimum Gasteiger partial charge on any atom is -0.480 e. The number of aliphatic carboxylic acids is 1. The lowest BCUT2D eigenvalue weighted by Crippen LogP contribution is -2.56. The lowest BCUT2D eigenvalue weighted by molar-refractivity contribution is -0.139. The van der Waals surface area contributed by atoms with Crippen LogP contribution >= 0.6 is 0 Å². The van der Waals surface area contributed by atoms with Crippen molar-refractivity contribution in [1.29, 1.82) is 0 Å². The molecule has 0 bridgehead atoms. The standard InChI is InChI=1S/C14H27N3O4/c1-4-17(10-13(18)19)12-8-11(9-12)15-14(20)16(3)6-7-21-5-2/h11-12H,4-10H2,1-3H3,(H,15,20)(H,18,19). The highest BCUT2D eigenvalue weighted by Crippen LogP contribution is 2.25. The van der Waals surface area contributed by atoms with E-state index in [1.54, 1.807) is 11.9 Å². The second-order valence-electron chi connectivity index (χ2n) is 5.35. The SMILES string of the molecule is CCOCCN(C)C(=O)NC1CC(N(CC)CC(=O)O)C1. The molecule has 0 spiro atoms. The van der Waals surface area contributed by atoms with E-state index in [0.717, 1.165) is 12.8 Å². The maximum Gasteiger partial charge on any atom is 0.317 e. The molecule has 0 radical (unpaired) electrons. The molecule has 122 valence electrons. The Kier molecular flexibility index (Phi) is 7.45. The molecule has 0 heterocycles. The molecule has 0 aromatic carbocycles. The van der Waals surface area contributed by atoms with Gasteiger partial charge in [0.25, 0.3) is 0 Å². The molecule has 0 aromatic rings. The highest BCUT2D eigenvalue weighted by molar-refractivity contribution is 5.74. The number of urea groups is 1. The van der Waals surface area contributed by atoms with E-state index in [1.165, 1.54) is 0 Å². The molecule has 7 heteroatoms. The van der Waals surface area contributed by atoms with Crippen LogP contribution in [0.1, 0.15) is 26.7 Å². The molecular formula is C14H27N3O4. The fourth-order valence-corrected chi connectivity index (χ4v) is 2.41. The Hall–Kier alpha value is -1.34. The van der Waals surface area contributed by atoms with Gasteiger partial charge in [0.1, 0.15) is 0 Å². The quantitative estimate of drug-likeness (QED) is 0.610. The topological polar surface area (TPSA) is 82.1 Å². The Morgan fingerprint density at radius 2 is 2.00 bits per heavy atom. The Morgan fingerprint density at radius 1 is 1.33 bits per heavy atom. The van der Waals surface area contributed by atoms with Crippen LogP contribution in [0.2, 0.25) is 0 Å². The van der Waals surface area contributed by atoms with Gasteiger partial charge in [0.15, 0.2) is 0 Å². The molecular weight excluding hydrogens is 274 g/mol. The fourth-order valence-electron chi connectivity index (χ4n) is 2.41. The number of ether oxygens (including phenoxy) is 1. The number of hydrogen-bond acceptors (Lipinski definition) is 4. The number of nitrogens with one attached hydrogen (secondary N) is 1. The average molecular weight is 301 g/mol. The van der Waals surface area contributed by atoms with Gasteiger partial charge in [-0.1, -0.05) is 6.92 Å². The molecule has 21 heavy (non-hydrogen) atoms. The first kappa shape index (κ1) is 17.7. The van der Waals surface area contributed by atoms with E-state index in [4.69, 9.17) is 9.84 Å². The molecule has 1 aliphatic carbocycles. The van der Waals surface area contributed by atoms with E-state index in [2.05, 4.69) is 5.32 Å².